The molecule has 0 unspecified atom stereocenters. The number of nitrogens with zero attached hydrogens (tertiary/aromatic N) is 5. The molecule has 1 aromatic heterocycles. The highest BCUT2D eigenvalue weighted by Gasteiger charge is 2.48. The van der Waals surface area contributed by atoms with Crippen LogP contribution in [0.15, 0.2) is 61.7 Å². The van der Waals surface area contributed by atoms with Crippen LogP contribution < -0.4 is 98.3 Å². The van der Waals surface area contributed by atoms with Crippen LogP contribution in [-0.4, -0.2) is 203 Å². The van der Waals surface area contributed by atoms with E-state index in [1.54, 1.807) is 39.8 Å². The minimum absolute atomic E-state index is 0.0000793. The molecule has 41 nitrogen and oxygen atoms in total. The monoisotopic (exact) mass is 1510 g/mol. The van der Waals surface area contributed by atoms with E-state index in [1.807, 2.05) is 0 Å². The van der Waals surface area contributed by atoms with Crippen LogP contribution in [0.3, 0.4) is 0 Å². The van der Waals surface area contributed by atoms with Crippen molar-refractivity contribution in [3.63, 3.8) is 0 Å². The van der Waals surface area contributed by atoms with Gasteiger partial charge in [0, 0.05) is 62.6 Å². The molecule has 4 rings (SSSR count). The molecule has 1 aliphatic heterocycles. The number of likely N-dealkylation sites (tertiary alicyclic amines) is 1. The second-order valence-electron chi connectivity index (χ2n) is 26.4. The van der Waals surface area contributed by atoms with Gasteiger partial charge in [-0.15, -0.1) is 0 Å². The zero-order chi connectivity index (χ0) is 80.0. The van der Waals surface area contributed by atoms with Crippen LogP contribution in [-0.2, 0) is 64.0 Å². The SMILES string of the molecule is COc1ccc2c(CC(=O)[C@@](N)(CCCCN)C(=O)N3CCC[C@H]3C(=O)N[C@@H](CC(C)C)C(=O)NCC(=O)N[C@@H](CC(C)C)C(=O)N[C@@H](CNc3ccc([N+](=O)[O-])cc3[N+](=O)[O-])C(=O)N[C@@H](C)C(=O)N[C@H](CCCN=C(N)N)C(=O)N[C@H](CCC(=O)O)C(=O)N[C@H](CCCN=C(N)N)C(N)=O)cc(=O)oc2c1. The van der Waals surface area contributed by atoms with Gasteiger partial charge in [0.05, 0.1) is 29.6 Å². The number of primary amides is 1. The van der Waals surface area contributed by atoms with Crippen LogP contribution in [0.4, 0.5) is 17.1 Å². The number of hydrogen-bond acceptors (Lipinski definition) is 24. The van der Waals surface area contributed by atoms with Crippen LogP contribution in [0.25, 0.3) is 11.0 Å². The molecular weight excluding hydrogens is 1410 g/mol. The number of nitrogens with two attached hydrogens (primary N) is 7. The Kier molecular flexibility index (Phi) is 34.7. The van der Waals surface area contributed by atoms with Crippen LogP contribution in [0.5, 0.6) is 5.75 Å². The Morgan fingerprint density at radius 2 is 1.25 bits per heavy atom. The molecule has 9 atom stereocenters. The summed E-state index contributed by atoms with van der Waals surface area (Å²) in [4.78, 5) is 210. The van der Waals surface area contributed by atoms with E-state index in [2.05, 4.69) is 57.8 Å². The number of carboxylic acids is 1. The molecule has 107 heavy (non-hydrogen) atoms. The van der Waals surface area contributed by atoms with E-state index in [4.69, 9.17) is 49.3 Å². The molecule has 10 amide bonds. The van der Waals surface area contributed by atoms with Crippen molar-refractivity contribution in [2.24, 2.45) is 62.0 Å². The minimum atomic E-state index is -2.21. The molecule has 2 aromatic carbocycles. The van der Waals surface area contributed by atoms with E-state index in [9.17, 15) is 87.7 Å². The van der Waals surface area contributed by atoms with Crippen molar-refractivity contribution in [3.05, 3.63) is 78.7 Å². The first kappa shape index (κ1) is 87.8. The van der Waals surface area contributed by atoms with Gasteiger partial charge >= 0.3 is 11.6 Å². The molecule has 1 aliphatic rings. The number of carbonyl (C=O) groups is 12. The third kappa shape index (κ3) is 28.1. The predicted octanol–water partition coefficient (Wildman–Crippen LogP) is -3.26. The van der Waals surface area contributed by atoms with Gasteiger partial charge in [0.2, 0.25) is 53.2 Å². The average molecular weight is 1510 g/mol. The quantitative estimate of drug-likeness (QED) is 0.00502. The largest absolute Gasteiger partial charge is 0.497 e. The fraction of sp³-hybridized carbons (Fsp3) is 0.561. The number of fused-ring (bicyclic) bond motifs is 1. The Hall–Kier alpha value is -11.7. The number of aliphatic imine (C=N–C) groups is 2. The second kappa shape index (κ2) is 42.3. The number of guanidine groups is 2. The van der Waals surface area contributed by atoms with Gasteiger partial charge in [-0.3, -0.25) is 87.7 Å². The summed E-state index contributed by atoms with van der Waals surface area (Å²) < 4.78 is 10.6. The number of amides is 10. The first-order valence-electron chi connectivity index (χ1n) is 34.5. The highest BCUT2D eigenvalue weighted by Crippen LogP contribution is 2.31. The summed E-state index contributed by atoms with van der Waals surface area (Å²) in [6.45, 7) is 6.56. The average Bonchev–Trinajstić information content (AvgIpc) is 1.76. The Bertz CT molecular complexity index is 3840. The van der Waals surface area contributed by atoms with Crippen molar-refractivity contribution < 1.29 is 81.6 Å². The molecule has 3 aromatic rings. The van der Waals surface area contributed by atoms with Gasteiger partial charge in [-0.25, -0.2) is 4.79 Å². The molecular formula is C66H99N21O20. The van der Waals surface area contributed by atoms with Crippen molar-refractivity contribution >= 4 is 111 Å². The molecule has 0 saturated carbocycles. The highest BCUT2D eigenvalue weighted by atomic mass is 16.6. The van der Waals surface area contributed by atoms with E-state index in [0.29, 0.717) is 30.0 Å². The van der Waals surface area contributed by atoms with Crippen LogP contribution >= 0.6 is 0 Å². The Balaban J connectivity index is 1.58. The van der Waals surface area contributed by atoms with Crippen molar-refractivity contribution in [2.75, 3.05) is 51.7 Å². The van der Waals surface area contributed by atoms with Crippen molar-refractivity contribution in [1.29, 1.82) is 0 Å². The molecule has 0 spiro atoms. The van der Waals surface area contributed by atoms with E-state index >= 15 is 0 Å². The van der Waals surface area contributed by atoms with Crippen LogP contribution in [0, 0.1) is 32.1 Å². The first-order valence-corrected chi connectivity index (χ1v) is 34.5. The van der Waals surface area contributed by atoms with Gasteiger partial charge < -0.3 is 107 Å². The second-order valence-corrected chi connectivity index (χ2v) is 26.4. The number of nitro groups is 2. The fourth-order valence-corrected chi connectivity index (χ4v) is 11.4. The number of non-ortho nitro benzene ring substituents is 1. The molecule has 588 valence electrons. The summed E-state index contributed by atoms with van der Waals surface area (Å²) in [5, 5.41) is 56.0. The predicted molar refractivity (Wildman–Crippen MR) is 388 cm³/mol. The normalized spacial score (nSPS) is 15.0. The Morgan fingerprint density at radius 3 is 1.82 bits per heavy atom. The number of aliphatic carboxylic acids is 1. The van der Waals surface area contributed by atoms with Crippen LogP contribution in [0.1, 0.15) is 124 Å². The summed E-state index contributed by atoms with van der Waals surface area (Å²) >= 11 is 0. The van der Waals surface area contributed by atoms with Gasteiger partial charge in [0.1, 0.15) is 65.4 Å². The number of carboxylic acid groups (broad SMARTS) is 1. The lowest BCUT2D eigenvalue weighted by atomic mass is 9.83. The highest BCUT2D eigenvalue weighted by molar-refractivity contribution is 6.12. The summed E-state index contributed by atoms with van der Waals surface area (Å²) in [5.74, 6) is -12.9. The molecule has 1 saturated heterocycles. The van der Waals surface area contributed by atoms with Crippen molar-refractivity contribution in [3.8, 4) is 5.75 Å². The number of nitrogens with one attached hydrogen (secondary N) is 9. The topological polar surface area (TPSA) is 669 Å². The van der Waals surface area contributed by atoms with Gasteiger partial charge in [-0.1, -0.05) is 27.7 Å². The lowest BCUT2D eigenvalue weighted by Gasteiger charge is -2.34. The van der Waals surface area contributed by atoms with Crippen LogP contribution in [0.2, 0.25) is 0 Å². The summed E-state index contributed by atoms with van der Waals surface area (Å²) in [6, 6.07) is -3.91. The molecule has 24 N–H and O–H groups in total. The number of benzene rings is 2. The summed E-state index contributed by atoms with van der Waals surface area (Å²) in [7, 11) is 1.42. The lowest BCUT2D eigenvalue weighted by molar-refractivity contribution is -0.393. The lowest BCUT2D eigenvalue weighted by Crippen LogP contribution is -2.63. The smallest absolute Gasteiger partial charge is 0.336 e. The van der Waals surface area contributed by atoms with Crippen molar-refractivity contribution in [1.82, 2.24) is 47.4 Å². The van der Waals surface area contributed by atoms with E-state index in [1.165, 1.54) is 18.1 Å². The number of anilines is 1. The number of unbranched alkanes of at least 4 members (excludes halogenated alkanes) is 1. The number of hydrogen-bond donors (Lipinski definition) is 17. The number of ketones is 1. The third-order valence-corrected chi connectivity index (χ3v) is 17.0. The molecule has 0 aliphatic carbocycles. The third-order valence-electron chi connectivity index (χ3n) is 17.0. The molecule has 2 heterocycles. The zero-order valence-corrected chi connectivity index (χ0v) is 60.4. The number of ether oxygens (including phenoxy) is 1. The molecule has 41 heteroatoms. The Morgan fingerprint density at radius 1 is 0.682 bits per heavy atom. The summed E-state index contributed by atoms with van der Waals surface area (Å²) in [5.41, 5.74) is 35.3. The van der Waals surface area contributed by atoms with E-state index < -0.39 is 184 Å². The Labute approximate surface area is 614 Å². The zero-order valence-electron chi connectivity index (χ0n) is 60.4. The number of methoxy groups -OCH3 is 1. The molecule has 1 fully saturated rings. The maximum atomic E-state index is 14.7. The van der Waals surface area contributed by atoms with E-state index in [0.717, 1.165) is 25.1 Å². The molecule has 0 bridgehead atoms. The maximum Gasteiger partial charge on any atom is 0.336 e. The number of nitro benzene ring substituents is 2. The van der Waals surface area contributed by atoms with Gasteiger partial charge in [-0.05, 0) is 126 Å². The number of rotatable bonds is 46. The molecule has 0 radical (unpaired) electrons. The summed E-state index contributed by atoms with van der Waals surface area (Å²) in [6.07, 6.45) is -1.21. The number of Topliss-reactive ketones (excluding diaryl/α,β-unsaturated/α-hetero) is 1. The van der Waals surface area contributed by atoms with Crippen molar-refractivity contribution in [2.45, 2.75) is 178 Å². The van der Waals surface area contributed by atoms with Gasteiger partial charge in [0.25, 0.3) is 17.3 Å². The fourth-order valence-electron chi connectivity index (χ4n) is 11.4. The van der Waals surface area contributed by atoms with Gasteiger partial charge in [-0.2, -0.15) is 0 Å². The first-order chi connectivity index (χ1) is 50.4. The minimum Gasteiger partial charge on any atom is -0.497 e. The number of carbonyl (C=O) groups excluding carboxylic acids is 11. The van der Waals surface area contributed by atoms with E-state index in [-0.39, 0.29) is 125 Å². The standard InChI is InChI=1S/C66H99N21O20/c1-34(2)26-45(83-62(100)48-14-11-25-85(48)63(101)66(73,21-7-8-22-67)51(88)28-37-29-54(92)107-50-31-39(106-6)16-17-40(37)50)57(95)77-33-52(89)79-46(27-35(3)4)60(98)84-47(32-76-41-18-15-38(86(102)103)30-49(41)87(104)105)61(99)78-36(5)56(94)81-43(13-10-24-75-65(71)72)58(96)82-44(19-20-53(90)91)59(97)80-42(55(68)93)12-9-23-74-64(69)70/h15-18,29-31,34-36,42-48,76H,7-14,19-28,32-33,67,73H2,1-6H3,(H2,68,93)(H,77,95)(H,78,99)(H,79,89)(H,80,97)(H,81,94)(H,82,96)(H,83,100)(H,84,98)(H,90,91)(H4,69,70,74)(H4,71,72,75)/t36-,42+,43+,44+,45-,46-,47-,48-,66-/m0/s1. The van der Waals surface area contributed by atoms with Gasteiger partial charge in [0.15, 0.2) is 23.2 Å². The maximum absolute atomic E-state index is 14.7.